The number of aromatic nitrogens is 2. The maximum Gasteiger partial charge on any atom is 0.222 e. The van der Waals surface area contributed by atoms with Gasteiger partial charge >= 0.3 is 0 Å². The number of likely N-dealkylation sites (tertiary alicyclic amines) is 1. The van der Waals surface area contributed by atoms with Crippen molar-refractivity contribution in [2.45, 2.75) is 70.6 Å². The highest BCUT2D eigenvalue weighted by molar-refractivity contribution is 5.76. The molecule has 1 unspecified atom stereocenters. The normalized spacial score (nSPS) is 19.7. The van der Waals surface area contributed by atoms with Crippen LogP contribution in [-0.4, -0.2) is 40.7 Å². The molecular weight excluding hydrogens is 374 g/mol. The smallest absolute Gasteiger partial charge is 0.222 e. The Balaban J connectivity index is 1.22. The number of ether oxygens (including phenoxy) is 1. The van der Waals surface area contributed by atoms with E-state index in [2.05, 4.69) is 47.1 Å². The van der Waals surface area contributed by atoms with Crippen molar-refractivity contribution in [3.05, 3.63) is 47.3 Å². The molecular formula is C25H35N3O2. The predicted octanol–water partition coefficient (Wildman–Crippen LogP) is 5.05. The van der Waals surface area contributed by atoms with E-state index in [-0.39, 0.29) is 0 Å². The van der Waals surface area contributed by atoms with Gasteiger partial charge in [0.2, 0.25) is 5.91 Å². The Bertz CT molecular complexity index is 821. The second kappa shape index (κ2) is 9.67. The number of aromatic amines is 1. The molecule has 1 N–H and O–H groups in total. The topological polar surface area (TPSA) is 58.2 Å². The van der Waals surface area contributed by atoms with Gasteiger partial charge in [0.1, 0.15) is 5.75 Å². The Morgan fingerprint density at radius 3 is 2.70 bits per heavy atom. The molecule has 1 aromatic carbocycles. The minimum absolute atomic E-state index is 0.344. The van der Waals surface area contributed by atoms with Crippen LogP contribution in [0.2, 0.25) is 0 Å². The summed E-state index contributed by atoms with van der Waals surface area (Å²) < 4.78 is 5.89. The highest BCUT2D eigenvalue weighted by atomic mass is 16.5. The molecule has 1 aromatic heterocycles. The first-order valence-electron chi connectivity index (χ1n) is 11.6. The third-order valence-electron chi connectivity index (χ3n) is 6.73. The molecule has 0 radical (unpaired) electrons. The fourth-order valence-corrected chi connectivity index (χ4v) is 4.76. The Kier molecular flexibility index (Phi) is 6.76. The maximum absolute atomic E-state index is 12.6. The van der Waals surface area contributed by atoms with Gasteiger partial charge in [-0.05, 0) is 54.9 Å². The van der Waals surface area contributed by atoms with Crippen molar-refractivity contribution in [2.24, 2.45) is 5.92 Å². The largest absolute Gasteiger partial charge is 0.493 e. The van der Waals surface area contributed by atoms with Gasteiger partial charge in [-0.3, -0.25) is 9.89 Å². The monoisotopic (exact) mass is 409 g/mol. The summed E-state index contributed by atoms with van der Waals surface area (Å²) in [7, 11) is 0. The molecule has 30 heavy (non-hydrogen) atoms. The van der Waals surface area contributed by atoms with Crippen molar-refractivity contribution in [2.75, 3.05) is 19.7 Å². The van der Waals surface area contributed by atoms with Crippen LogP contribution in [0.5, 0.6) is 5.75 Å². The molecule has 0 spiro atoms. The molecule has 1 aliphatic carbocycles. The minimum atomic E-state index is 0.344. The van der Waals surface area contributed by atoms with E-state index in [0.29, 0.717) is 30.3 Å². The van der Waals surface area contributed by atoms with E-state index in [4.69, 9.17) is 4.74 Å². The molecule has 2 aliphatic rings. The van der Waals surface area contributed by atoms with Crippen LogP contribution in [0.3, 0.4) is 0 Å². The quantitative estimate of drug-likeness (QED) is 0.664. The van der Waals surface area contributed by atoms with Gasteiger partial charge < -0.3 is 9.64 Å². The van der Waals surface area contributed by atoms with E-state index < -0.39 is 0 Å². The van der Waals surface area contributed by atoms with Gasteiger partial charge in [-0.15, -0.1) is 0 Å². The number of hydrogen-bond donors (Lipinski definition) is 1. The van der Waals surface area contributed by atoms with Crippen molar-refractivity contribution in [1.29, 1.82) is 0 Å². The number of hydrogen-bond acceptors (Lipinski definition) is 3. The zero-order chi connectivity index (χ0) is 20.9. The molecule has 162 valence electrons. The second-order valence-corrected chi connectivity index (χ2v) is 9.32. The van der Waals surface area contributed by atoms with Crippen LogP contribution in [0.15, 0.2) is 30.3 Å². The Morgan fingerprint density at radius 2 is 1.97 bits per heavy atom. The van der Waals surface area contributed by atoms with E-state index in [9.17, 15) is 4.79 Å². The molecule has 5 nitrogen and oxygen atoms in total. The Hall–Kier alpha value is -2.30. The molecule has 1 aliphatic heterocycles. The van der Waals surface area contributed by atoms with E-state index in [1.165, 1.54) is 31.2 Å². The van der Waals surface area contributed by atoms with E-state index in [0.717, 1.165) is 49.5 Å². The highest BCUT2D eigenvalue weighted by Crippen LogP contribution is 2.31. The van der Waals surface area contributed by atoms with Gasteiger partial charge in [0, 0.05) is 37.5 Å². The maximum atomic E-state index is 12.6. The number of rotatable bonds is 8. The average molecular weight is 410 g/mol. The van der Waals surface area contributed by atoms with Gasteiger partial charge in [0.15, 0.2) is 0 Å². The van der Waals surface area contributed by atoms with Crippen LogP contribution >= 0.6 is 0 Å². The van der Waals surface area contributed by atoms with Crippen LogP contribution in [-0.2, 0) is 11.2 Å². The molecule has 1 saturated heterocycles. The summed E-state index contributed by atoms with van der Waals surface area (Å²) in [6.07, 6.45) is 7.61. The lowest BCUT2D eigenvalue weighted by Gasteiger charge is -2.18. The SMILES string of the molecule is CC(C)c1ccc(OCCc2cc(C3CCN(C(=O)CC4CCCC4)C3)n[nH]2)cc1. The summed E-state index contributed by atoms with van der Waals surface area (Å²) in [6.45, 7) is 6.70. The van der Waals surface area contributed by atoms with E-state index in [1.807, 2.05) is 12.1 Å². The van der Waals surface area contributed by atoms with Gasteiger partial charge in [-0.1, -0.05) is 38.8 Å². The van der Waals surface area contributed by atoms with Crippen LogP contribution in [0.25, 0.3) is 0 Å². The number of H-pyrrole nitrogens is 1. The van der Waals surface area contributed by atoms with E-state index in [1.54, 1.807) is 0 Å². The Labute approximate surface area is 180 Å². The van der Waals surface area contributed by atoms with Crippen molar-refractivity contribution < 1.29 is 9.53 Å². The molecule has 1 amide bonds. The van der Waals surface area contributed by atoms with Crippen molar-refractivity contribution in [1.82, 2.24) is 15.1 Å². The second-order valence-electron chi connectivity index (χ2n) is 9.32. The van der Waals surface area contributed by atoms with Crippen LogP contribution < -0.4 is 4.74 Å². The first kappa shape index (κ1) is 21.0. The van der Waals surface area contributed by atoms with Crippen molar-refractivity contribution in [3.63, 3.8) is 0 Å². The fourth-order valence-electron chi connectivity index (χ4n) is 4.76. The zero-order valence-corrected chi connectivity index (χ0v) is 18.4. The van der Waals surface area contributed by atoms with E-state index >= 15 is 0 Å². The molecule has 2 fully saturated rings. The third kappa shape index (κ3) is 5.24. The van der Waals surface area contributed by atoms with Crippen LogP contribution in [0.4, 0.5) is 0 Å². The summed E-state index contributed by atoms with van der Waals surface area (Å²) in [4.78, 5) is 14.7. The molecule has 2 aromatic rings. The van der Waals surface area contributed by atoms with Gasteiger partial charge in [-0.25, -0.2) is 0 Å². The number of nitrogens with one attached hydrogen (secondary N) is 1. The lowest BCUT2D eigenvalue weighted by Crippen LogP contribution is -2.29. The summed E-state index contributed by atoms with van der Waals surface area (Å²) in [5.41, 5.74) is 3.51. The number of carbonyl (C=O) groups excluding carboxylic acids is 1. The molecule has 5 heteroatoms. The lowest BCUT2D eigenvalue weighted by molar-refractivity contribution is -0.131. The molecule has 1 atom stereocenters. The van der Waals surface area contributed by atoms with Gasteiger partial charge in [0.05, 0.1) is 12.3 Å². The summed E-state index contributed by atoms with van der Waals surface area (Å²) in [5, 5.41) is 7.70. The molecule has 4 rings (SSSR count). The summed E-state index contributed by atoms with van der Waals surface area (Å²) in [5.74, 6) is 2.76. The Morgan fingerprint density at radius 1 is 1.20 bits per heavy atom. The molecule has 2 heterocycles. The number of benzene rings is 1. The average Bonchev–Trinajstić information content (AvgIpc) is 3.50. The molecule has 1 saturated carbocycles. The standard InChI is InChI=1S/C25H35N3O2/c1-18(2)20-7-9-23(10-8-20)30-14-12-22-16-24(27-26-22)21-11-13-28(17-21)25(29)15-19-5-3-4-6-19/h7-10,16,18-19,21H,3-6,11-15,17H2,1-2H3,(H,26,27). The molecule has 0 bridgehead atoms. The summed E-state index contributed by atoms with van der Waals surface area (Å²) in [6, 6.07) is 10.5. The fraction of sp³-hybridized carbons (Fsp3) is 0.600. The number of amides is 1. The zero-order valence-electron chi connectivity index (χ0n) is 18.4. The van der Waals surface area contributed by atoms with Crippen molar-refractivity contribution in [3.8, 4) is 5.75 Å². The number of nitrogens with zero attached hydrogens (tertiary/aromatic N) is 2. The first-order valence-corrected chi connectivity index (χ1v) is 11.6. The third-order valence-corrected chi connectivity index (χ3v) is 6.73. The van der Waals surface area contributed by atoms with Crippen molar-refractivity contribution >= 4 is 5.91 Å². The van der Waals surface area contributed by atoms with Crippen LogP contribution in [0, 0.1) is 5.92 Å². The highest BCUT2D eigenvalue weighted by Gasteiger charge is 2.30. The minimum Gasteiger partial charge on any atom is -0.493 e. The van der Waals surface area contributed by atoms with Crippen LogP contribution in [0.1, 0.15) is 81.2 Å². The lowest BCUT2D eigenvalue weighted by atomic mass is 10.0. The summed E-state index contributed by atoms with van der Waals surface area (Å²) >= 11 is 0. The van der Waals surface area contributed by atoms with Gasteiger partial charge in [0.25, 0.3) is 0 Å². The predicted molar refractivity (Wildman–Crippen MR) is 119 cm³/mol. The first-order chi connectivity index (χ1) is 14.6. The van der Waals surface area contributed by atoms with Gasteiger partial charge in [-0.2, -0.15) is 5.10 Å². The number of carbonyl (C=O) groups is 1.